The van der Waals surface area contributed by atoms with Crippen LogP contribution in [0.15, 0.2) is 42.6 Å². The van der Waals surface area contributed by atoms with Crippen LogP contribution >= 0.6 is 0 Å². The number of para-hydroxylation sites is 1. The van der Waals surface area contributed by atoms with Gasteiger partial charge in [-0.2, -0.15) is 0 Å². The summed E-state index contributed by atoms with van der Waals surface area (Å²) in [4.78, 5) is 15.9. The second kappa shape index (κ2) is 9.52. The highest BCUT2D eigenvalue weighted by Gasteiger charge is 2.43. The molecule has 4 N–H and O–H groups in total. The van der Waals surface area contributed by atoms with Gasteiger partial charge in [-0.3, -0.25) is 4.98 Å². The Morgan fingerprint density at radius 1 is 1.29 bits per heavy atom. The molecule has 2 atom stereocenters. The first-order chi connectivity index (χ1) is 13.3. The zero-order chi connectivity index (χ0) is 20.7. The van der Waals surface area contributed by atoms with E-state index in [4.69, 9.17) is 15.2 Å². The molecule has 0 spiro atoms. The third-order valence-electron chi connectivity index (χ3n) is 4.53. The van der Waals surface area contributed by atoms with E-state index >= 15 is 0 Å². The van der Waals surface area contributed by atoms with Crippen LogP contribution in [0.5, 0.6) is 11.5 Å². The highest BCUT2D eigenvalue weighted by Crippen LogP contribution is 2.24. The SMILES string of the molecule is COc1ccccc1COc1ccnc(CC(O)(C(=O)O)C(N)CC(C)C)c1. The Hall–Kier alpha value is -2.64. The van der Waals surface area contributed by atoms with E-state index in [0.29, 0.717) is 17.9 Å². The number of aliphatic hydroxyl groups is 1. The molecular formula is C21H28N2O5. The van der Waals surface area contributed by atoms with Crippen molar-refractivity contribution >= 4 is 5.97 Å². The fraction of sp³-hybridized carbons (Fsp3) is 0.429. The molecule has 0 aliphatic carbocycles. The van der Waals surface area contributed by atoms with Crippen molar-refractivity contribution in [2.45, 2.75) is 44.9 Å². The van der Waals surface area contributed by atoms with Crippen LogP contribution in [0.25, 0.3) is 0 Å². The summed E-state index contributed by atoms with van der Waals surface area (Å²) in [6.45, 7) is 4.13. The summed E-state index contributed by atoms with van der Waals surface area (Å²) in [6.07, 6.45) is 1.69. The van der Waals surface area contributed by atoms with E-state index < -0.39 is 17.6 Å². The number of hydrogen-bond donors (Lipinski definition) is 3. The third kappa shape index (κ3) is 5.43. The smallest absolute Gasteiger partial charge is 0.337 e. The van der Waals surface area contributed by atoms with Gasteiger partial charge < -0.3 is 25.4 Å². The predicted molar refractivity (Wildman–Crippen MR) is 105 cm³/mol. The van der Waals surface area contributed by atoms with Crippen LogP contribution in [0, 0.1) is 5.92 Å². The quantitative estimate of drug-likeness (QED) is 0.572. The maximum absolute atomic E-state index is 11.7. The summed E-state index contributed by atoms with van der Waals surface area (Å²) in [5.41, 5.74) is 5.17. The number of aromatic nitrogens is 1. The summed E-state index contributed by atoms with van der Waals surface area (Å²) < 4.78 is 11.1. The summed E-state index contributed by atoms with van der Waals surface area (Å²) in [5, 5.41) is 20.3. The first-order valence-corrected chi connectivity index (χ1v) is 9.17. The minimum atomic E-state index is -2.10. The minimum absolute atomic E-state index is 0.157. The lowest BCUT2D eigenvalue weighted by Crippen LogP contribution is -2.56. The Kier molecular flexibility index (Phi) is 7.37. The van der Waals surface area contributed by atoms with Crippen molar-refractivity contribution in [3.05, 3.63) is 53.9 Å². The number of benzene rings is 1. The van der Waals surface area contributed by atoms with Gasteiger partial charge >= 0.3 is 5.97 Å². The number of carboxylic acid groups (broad SMARTS) is 1. The molecule has 0 aliphatic rings. The number of rotatable bonds is 10. The van der Waals surface area contributed by atoms with Crippen LogP contribution in [-0.2, 0) is 17.8 Å². The lowest BCUT2D eigenvalue weighted by molar-refractivity contribution is -0.161. The zero-order valence-electron chi connectivity index (χ0n) is 16.5. The van der Waals surface area contributed by atoms with Gasteiger partial charge in [0.2, 0.25) is 0 Å². The van der Waals surface area contributed by atoms with Crippen molar-refractivity contribution in [3.8, 4) is 11.5 Å². The van der Waals surface area contributed by atoms with Crippen LogP contribution < -0.4 is 15.2 Å². The molecule has 0 fully saturated rings. The summed E-state index contributed by atoms with van der Waals surface area (Å²) >= 11 is 0. The largest absolute Gasteiger partial charge is 0.496 e. The second-order valence-electron chi connectivity index (χ2n) is 7.23. The molecule has 0 aliphatic heterocycles. The molecule has 2 aromatic rings. The molecule has 0 saturated heterocycles. The number of carbonyl (C=O) groups is 1. The number of ether oxygens (including phenoxy) is 2. The van der Waals surface area contributed by atoms with Crippen LogP contribution in [0.2, 0.25) is 0 Å². The van der Waals surface area contributed by atoms with Crippen LogP contribution in [0.1, 0.15) is 31.5 Å². The molecule has 0 amide bonds. The molecule has 2 unspecified atom stereocenters. The number of carboxylic acids is 1. The molecule has 0 radical (unpaired) electrons. The van der Waals surface area contributed by atoms with Crippen molar-refractivity contribution in [1.82, 2.24) is 4.98 Å². The van der Waals surface area contributed by atoms with E-state index in [9.17, 15) is 15.0 Å². The van der Waals surface area contributed by atoms with Gasteiger partial charge in [-0.05, 0) is 24.5 Å². The zero-order valence-corrected chi connectivity index (χ0v) is 16.5. The molecule has 0 saturated carbocycles. The van der Waals surface area contributed by atoms with Gasteiger partial charge in [-0.25, -0.2) is 4.79 Å². The molecule has 7 heteroatoms. The molecule has 28 heavy (non-hydrogen) atoms. The van der Waals surface area contributed by atoms with Crippen molar-refractivity contribution in [2.24, 2.45) is 11.7 Å². The number of nitrogens with two attached hydrogens (primary N) is 1. The molecule has 1 aromatic heterocycles. The van der Waals surface area contributed by atoms with Crippen molar-refractivity contribution in [2.75, 3.05) is 7.11 Å². The molecule has 1 aromatic carbocycles. The summed E-state index contributed by atoms with van der Waals surface area (Å²) in [6, 6.07) is 9.89. The van der Waals surface area contributed by atoms with Gasteiger partial charge in [-0.1, -0.05) is 32.0 Å². The first kappa shape index (κ1) is 21.7. The van der Waals surface area contributed by atoms with Crippen LogP contribution in [-0.4, -0.2) is 39.9 Å². The van der Waals surface area contributed by atoms with Gasteiger partial charge in [0.1, 0.15) is 18.1 Å². The molecule has 7 nitrogen and oxygen atoms in total. The number of nitrogens with zero attached hydrogens (tertiary/aromatic N) is 1. The second-order valence-corrected chi connectivity index (χ2v) is 7.23. The van der Waals surface area contributed by atoms with E-state index in [1.807, 2.05) is 38.1 Å². The number of aliphatic carboxylic acids is 1. The Bertz CT molecular complexity index is 796. The van der Waals surface area contributed by atoms with E-state index in [1.54, 1.807) is 19.2 Å². The van der Waals surface area contributed by atoms with Crippen molar-refractivity contribution in [1.29, 1.82) is 0 Å². The van der Waals surface area contributed by atoms with Gasteiger partial charge in [0.05, 0.1) is 7.11 Å². The molecule has 2 rings (SSSR count). The van der Waals surface area contributed by atoms with Gasteiger partial charge in [0.15, 0.2) is 5.60 Å². The van der Waals surface area contributed by atoms with E-state index in [0.717, 1.165) is 11.3 Å². The molecule has 0 bridgehead atoms. The number of pyridine rings is 1. The average molecular weight is 388 g/mol. The molecular weight excluding hydrogens is 360 g/mol. The van der Waals surface area contributed by atoms with Crippen molar-refractivity contribution in [3.63, 3.8) is 0 Å². The normalized spacial score (nSPS) is 14.4. The van der Waals surface area contributed by atoms with Crippen LogP contribution in [0.3, 0.4) is 0 Å². The van der Waals surface area contributed by atoms with Crippen molar-refractivity contribution < 1.29 is 24.5 Å². The Balaban J connectivity index is 2.14. The molecule has 1 heterocycles. The van der Waals surface area contributed by atoms with E-state index in [-0.39, 0.29) is 18.9 Å². The molecule has 152 valence electrons. The number of methoxy groups -OCH3 is 1. The average Bonchev–Trinajstić information content (AvgIpc) is 2.66. The van der Waals surface area contributed by atoms with E-state index in [2.05, 4.69) is 4.98 Å². The highest BCUT2D eigenvalue weighted by atomic mass is 16.5. The van der Waals surface area contributed by atoms with E-state index in [1.165, 1.54) is 6.20 Å². The maximum Gasteiger partial charge on any atom is 0.337 e. The predicted octanol–water partition coefficient (Wildman–Crippen LogP) is 2.40. The highest BCUT2D eigenvalue weighted by molar-refractivity contribution is 5.78. The fourth-order valence-corrected chi connectivity index (χ4v) is 2.97. The lowest BCUT2D eigenvalue weighted by atomic mass is 9.84. The van der Waals surface area contributed by atoms with Gasteiger partial charge in [-0.15, -0.1) is 0 Å². The first-order valence-electron chi connectivity index (χ1n) is 9.17. The fourth-order valence-electron chi connectivity index (χ4n) is 2.97. The Morgan fingerprint density at radius 2 is 2.00 bits per heavy atom. The lowest BCUT2D eigenvalue weighted by Gasteiger charge is -2.30. The van der Waals surface area contributed by atoms with Gasteiger partial charge in [0, 0.05) is 36.0 Å². The third-order valence-corrected chi connectivity index (χ3v) is 4.53. The number of hydrogen-bond acceptors (Lipinski definition) is 6. The van der Waals surface area contributed by atoms with Gasteiger partial charge in [0.25, 0.3) is 0 Å². The Morgan fingerprint density at radius 3 is 2.64 bits per heavy atom. The minimum Gasteiger partial charge on any atom is -0.496 e. The Labute approximate surface area is 165 Å². The van der Waals surface area contributed by atoms with Crippen LogP contribution in [0.4, 0.5) is 0 Å². The topological polar surface area (TPSA) is 115 Å². The standard InChI is InChI=1S/C21H28N2O5/c1-14(2)10-19(22)21(26,20(24)25)12-16-11-17(8-9-23-16)28-13-15-6-4-5-7-18(15)27-3/h4-9,11,14,19,26H,10,12-13,22H2,1-3H3,(H,24,25). The maximum atomic E-state index is 11.7. The summed E-state index contributed by atoms with van der Waals surface area (Å²) in [5.74, 6) is 0.0323. The summed E-state index contributed by atoms with van der Waals surface area (Å²) in [7, 11) is 1.59. The monoisotopic (exact) mass is 388 g/mol.